The van der Waals surface area contributed by atoms with Crippen molar-refractivity contribution >= 4 is 17.7 Å². The molecule has 1 rings (SSSR count). The van der Waals surface area contributed by atoms with Crippen LogP contribution in [-0.2, 0) is 4.79 Å². The monoisotopic (exact) mass is 201 g/mol. The molecule has 1 aliphatic carbocycles. The molecule has 2 unspecified atom stereocenters. The number of thioether (sulfide) groups is 1. The Balaban J connectivity index is 2.42. The van der Waals surface area contributed by atoms with Crippen LogP contribution in [0.4, 0.5) is 0 Å². The first-order chi connectivity index (χ1) is 5.87. The van der Waals surface area contributed by atoms with Crippen molar-refractivity contribution in [1.29, 1.82) is 0 Å². The van der Waals surface area contributed by atoms with Gasteiger partial charge >= 0.3 is 0 Å². The van der Waals surface area contributed by atoms with Crippen LogP contribution < -0.4 is 5.11 Å². The van der Waals surface area contributed by atoms with Gasteiger partial charge in [0.05, 0.1) is 0 Å². The van der Waals surface area contributed by atoms with E-state index in [1.165, 1.54) is 0 Å². The molecule has 13 heavy (non-hydrogen) atoms. The van der Waals surface area contributed by atoms with E-state index in [-0.39, 0.29) is 11.3 Å². The van der Waals surface area contributed by atoms with E-state index in [2.05, 4.69) is 13.8 Å². The van der Waals surface area contributed by atoms with Crippen LogP contribution in [0.2, 0.25) is 0 Å². The number of hydrogen-bond acceptors (Lipinski definition) is 3. The Hall–Kier alpha value is -0.180. The number of rotatable bonds is 4. The maximum absolute atomic E-state index is 10.7. The summed E-state index contributed by atoms with van der Waals surface area (Å²) in [6, 6.07) is 0. The van der Waals surface area contributed by atoms with Crippen LogP contribution in [0.3, 0.4) is 0 Å². The van der Waals surface area contributed by atoms with Gasteiger partial charge in [-0.3, -0.25) is 0 Å². The van der Waals surface area contributed by atoms with Crippen LogP contribution in [0, 0.1) is 17.3 Å². The highest BCUT2D eigenvalue weighted by atomic mass is 32.2. The molecule has 0 N–H and O–H groups in total. The molecule has 0 radical (unpaired) electrons. The van der Waals surface area contributed by atoms with E-state index in [4.69, 9.17) is 0 Å². The van der Waals surface area contributed by atoms with Crippen molar-refractivity contribution in [3.63, 3.8) is 0 Å². The summed E-state index contributed by atoms with van der Waals surface area (Å²) in [6.45, 7) is 8.29. The molecule has 0 saturated heterocycles. The van der Waals surface area contributed by atoms with Gasteiger partial charge in [0, 0.05) is 11.9 Å². The van der Waals surface area contributed by atoms with Gasteiger partial charge in [0.25, 0.3) is 0 Å². The normalized spacial score (nSPS) is 30.5. The van der Waals surface area contributed by atoms with Crippen molar-refractivity contribution in [1.82, 2.24) is 0 Å². The SMILES string of the molecule is CC(C)SCC1C(C(=O)[O-])C1(C)C. The molecule has 0 aliphatic heterocycles. The minimum Gasteiger partial charge on any atom is -0.550 e. The molecular formula is C10H17O2S-. The average molecular weight is 201 g/mol. The van der Waals surface area contributed by atoms with E-state index in [1.54, 1.807) is 0 Å². The topological polar surface area (TPSA) is 40.1 Å². The lowest BCUT2D eigenvalue weighted by molar-refractivity contribution is -0.309. The Labute approximate surface area is 84.1 Å². The highest BCUT2D eigenvalue weighted by Crippen LogP contribution is 2.59. The van der Waals surface area contributed by atoms with Crippen molar-refractivity contribution in [3.8, 4) is 0 Å². The minimum atomic E-state index is -0.876. The fourth-order valence-electron chi connectivity index (χ4n) is 1.82. The van der Waals surface area contributed by atoms with E-state index in [9.17, 15) is 9.90 Å². The van der Waals surface area contributed by atoms with E-state index in [1.807, 2.05) is 25.6 Å². The molecule has 76 valence electrons. The number of carbonyl (C=O) groups is 1. The molecule has 0 bridgehead atoms. The van der Waals surface area contributed by atoms with Crippen molar-refractivity contribution < 1.29 is 9.90 Å². The summed E-state index contributed by atoms with van der Waals surface area (Å²) in [5.74, 6) is 0.159. The molecule has 2 atom stereocenters. The quantitative estimate of drug-likeness (QED) is 0.685. The second-order valence-electron chi connectivity index (χ2n) is 4.61. The van der Waals surface area contributed by atoms with Gasteiger partial charge in [-0.25, -0.2) is 0 Å². The first-order valence-electron chi connectivity index (χ1n) is 4.69. The number of carboxylic acid groups (broad SMARTS) is 1. The predicted octanol–water partition coefficient (Wildman–Crippen LogP) is 1.15. The smallest absolute Gasteiger partial charge is 0.0454 e. The molecule has 2 nitrogen and oxygen atoms in total. The molecule has 0 aromatic heterocycles. The number of aliphatic carboxylic acids is 1. The van der Waals surface area contributed by atoms with Gasteiger partial charge in [0.2, 0.25) is 0 Å². The molecule has 1 aliphatic rings. The molecule has 0 spiro atoms. The Morgan fingerprint density at radius 3 is 2.38 bits per heavy atom. The summed E-state index contributed by atoms with van der Waals surface area (Å²) >= 11 is 1.83. The highest BCUT2D eigenvalue weighted by Gasteiger charge is 2.57. The summed E-state index contributed by atoms with van der Waals surface area (Å²) in [6.07, 6.45) is 0. The summed E-state index contributed by atoms with van der Waals surface area (Å²) in [5, 5.41) is 11.3. The zero-order chi connectivity index (χ0) is 10.2. The summed E-state index contributed by atoms with van der Waals surface area (Å²) in [7, 11) is 0. The number of carbonyl (C=O) groups excluding carboxylic acids is 1. The molecule has 0 aromatic rings. The third-order valence-corrected chi connectivity index (χ3v) is 4.13. The molecular weight excluding hydrogens is 184 g/mol. The molecule has 3 heteroatoms. The third kappa shape index (κ3) is 2.19. The average Bonchev–Trinajstić information content (AvgIpc) is 2.48. The Morgan fingerprint density at radius 2 is 2.08 bits per heavy atom. The van der Waals surface area contributed by atoms with Gasteiger partial charge in [-0.15, -0.1) is 0 Å². The zero-order valence-electron chi connectivity index (χ0n) is 8.66. The minimum absolute atomic E-state index is 0.0409. The molecule has 1 saturated carbocycles. The van der Waals surface area contributed by atoms with Crippen LogP contribution in [-0.4, -0.2) is 17.0 Å². The maximum atomic E-state index is 10.7. The Morgan fingerprint density at radius 1 is 1.54 bits per heavy atom. The van der Waals surface area contributed by atoms with E-state index < -0.39 is 5.97 Å². The molecule has 0 amide bonds. The number of hydrogen-bond donors (Lipinski definition) is 0. The zero-order valence-corrected chi connectivity index (χ0v) is 9.48. The largest absolute Gasteiger partial charge is 0.550 e. The van der Waals surface area contributed by atoms with Crippen molar-refractivity contribution in [2.24, 2.45) is 17.3 Å². The van der Waals surface area contributed by atoms with Crippen LogP contribution in [0.15, 0.2) is 0 Å². The predicted molar refractivity (Wildman–Crippen MR) is 53.4 cm³/mol. The van der Waals surface area contributed by atoms with Gasteiger partial charge in [0.15, 0.2) is 0 Å². The summed E-state index contributed by atoms with van der Waals surface area (Å²) in [5.41, 5.74) is -0.0409. The first-order valence-corrected chi connectivity index (χ1v) is 5.74. The molecule has 0 aromatic carbocycles. The van der Waals surface area contributed by atoms with Gasteiger partial charge in [-0.2, -0.15) is 11.8 Å². The van der Waals surface area contributed by atoms with Gasteiger partial charge < -0.3 is 9.90 Å². The Bertz CT molecular complexity index is 211. The van der Waals surface area contributed by atoms with E-state index >= 15 is 0 Å². The fraction of sp³-hybridized carbons (Fsp3) is 0.900. The highest BCUT2D eigenvalue weighted by molar-refractivity contribution is 7.99. The van der Waals surface area contributed by atoms with Crippen molar-refractivity contribution in [3.05, 3.63) is 0 Å². The standard InChI is InChI=1S/C10H18O2S/c1-6(2)13-5-7-8(9(11)12)10(7,3)4/h6-8H,5H2,1-4H3,(H,11,12)/p-1. The van der Waals surface area contributed by atoms with Gasteiger partial charge in [-0.1, -0.05) is 27.7 Å². The van der Waals surface area contributed by atoms with Gasteiger partial charge in [-0.05, 0) is 22.3 Å². The third-order valence-electron chi connectivity index (χ3n) is 2.91. The lowest BCUT2D eigenvalue weighted by Gasteiger charge is -2.04. The lowest BCUT2D eigenvalue weighted by Crippen LogP contribution is -2.26. The second-order valence-corrected chi connectivity index (χ2v) is 6.22. The molecule has 1 fully saturated rings. The van der Waals surface area contributed by atoms with Crippen molar-refractivity contribution in [2.75, 3.05) is 5.75 Å². The maximum Gasteiger partial charge on any atom is 0.0454 e. The van der Waals surface area contributed by atoms with Gasteiger partial charge in [0.1, 0.15) is 0 Å². The van der Waals surface area contributed by atoms with E-state index in [0.29, 0.717) is 11.2 Å². The Kier molecular flexibility index (Phi) is 2.95. The summed E-state index contributed by atoms with van der Waals surface area (Å²) in [4.78, 5) is 10.7. The first kappa shape index (κ1) is 10.9. The van der Waals surface area contributed by atoms with Crippen molar-refractivity contribution in [2.45, 2.75) is 32.9 Å². The molecule has 0 heterocycles. The van der Waals surface area contributed by atoms with E-state index in [0.717, 1.165) is 5.75 Å². The fourth-order valence-corrected chi connectivity index (χ4v) is 3.03. The van der Waals surface area contributed by atoms with Crippen LogP contribution in [0.5, 0.6) is 0 Å². The number of carboxylic acids is 1. The van der Waals surface area contributed by atoms with Crippen LogP contribution in [0.1, 0.15) is 27.7 Å². The van der Waals surface area contributed by atoms with Crippen LogP contribution >= 0.6 is 11.8 Å². The lowest BCUT2D eigenvalue weighted by atomic mass is 10.1. The van der Waals surface area contributed by atoms with Crippen LogP contribution in [0.25, 0.3) is 0 Å². The second kappa shape index (κ2) is 3.52. The summed E-state index contributed by atoms with van der Waals surface area (Å²) < 4.78 is 0.